The third kappa shape index (κ3) is 2.63. The molecule has 1 aliphatic heterocycles. The molecule has 0 saturated carbocycles. The maximum Gasteiger partial charge on any atom is 0.154 e. The second-order valence-electron chi connectivity index (χ2n) is 5.55. The number of aromatic nitrogens is 3. The molecule has 2 aromatic heterocycles. The summed E-state index contributed by atoms with van der Waals surface area (Å²) in [5.74, 6) is 1.04. The van der Waals surface area contributed by atoms with Gasteiger partial charge in [-0.15, -0.1) is 0 Å². The smallest absolute Gasteiger partial charge is 0.154 e. The summed E-state index contributed by atoms with van der Waals surface area (Å²) in [5.41, 5.74) is 2.13. The highest BCUT2D eigenvalue weighted by Crippen LogP contribution is 2.20. The number of nitrogens with one attached hydrogen (secondary N) is 1. The summed E-state index contributed by atoms with van der Waals surface area (Å²) in [4.78, 5) is 6.95. The average Bonchev–Trinajstić information content (AvgIpc) is 2.86. The fraction of sp³-hybridized carbons (Fsp3) is 0.600. The molecule has 0 amide bonds. The van der Waals surface area contributed by atoms with Crippen molar-refractivity contribution >= 4 is 11.3 Å². The molecule has 0 bridgehead atoms. The lowest BCUT2D eigenvalue weighted by Gasteiger charge is -2.30. The first-order valence-corrected chi connectivity index (χ1v) is 7.57. The number of fused-ring (bicyclic) bond motifs is 1. The van der Waals surface area contributed by atoms with E-state index in [0.717, 1.165) is 36.7 Å². The molecule has 0 radical (unpaired) electrons. The Bertz CT molecular complexity index is 571. The van der Waals surface area contributed by atoms with Crippen molar-refractivity contribution in [1.82, 2.24) is 19.9 Å². The Hall–Kier alpha value is -1.62. The first-order valence-electron chi connectivity index (χ1n) is 7.57. The van der Waals surface area contributed by atoms with Gasteiger partial charge in [0.25, 0.3) is 0 Å². The zero-order valence-corrected chi connectivity index (χ0v) is 12.3. The van der Waals surface area contributed by atoms with Gasteiger partial charge in [-0.2, -0.15) is 5.10 Å². The number of piperidine rings is 1. The van der Waals surface area contributed by atoms with Gasteiger partial charge >= 0.3 is 0 Å². The van der Waals surface area contributed by atoms with Gasteiger partial charge < -0.3 is 10.2 Å². The lowest BCUT2D eigenvalue weighted by atomic mass is 10.0. The van der Waals surface area contributed by atoms with Crippen LogP contribution in [0.5, 0.6) is 0 Å². The number of rotatable bonds is 4. The number of aryl methyl sites for hydroxylation is 1. The van der Waals surface area contributed by atoms with E-state index in [0.29, 0.717) is 6.04 Å². The Morgan fingerprint density at radius 2 is 2.35 bits per heavy atom. The summed E-state index contributed by atoms with van der Waals surface area (Å²) in [6.45, 7) is 7.35. The van der Waals surface area contributed by atoms with Crippen LogP contribution >= 0.6 is 0 Å². The van der Waals surface area contributed by atoms with Crippen LogP contribution in [0.1, 0.15) is 31.9 Å². The fourth-order valence-corrected chi connectivity index (χ4v) is 2.99. The van der Waals surface area contributed by atoms with Crippen molar-refractivity contribution in [2.75, 3.05) is 24.5 Å². The van der Waals surface area contributed by atoms with Crippen LogP contribution in [-0.2, 0) is 0 Å². The van der Waals surface area contributed by atoms with E-state index in [2.05, 4.69) is 33.3 Å². The standard InChI is InChI=1S/C15H23N5/c1-3-19(11-13-6-4-5-7-16-13)15-14-10-12(2)18-20(14)9-8-17-15/h8-10,13,16H,3-7,11H2,1-2H3. The van der Waals surface area contributed by atoms with Gasteiger partial charge in [-0.25, -0.2) is 9.50 Å². The Kier molecular flexibility index (Phi) is 3.87. The van der Waals surface area contributed by atoms with Gasteiger partial charge in [0, 0.05) is 31.5 Å². The normalized spacial score (nSPS) is 19.4. The minimum Gasteiger partial charge on any atom is -0.354 e. The summed E-state index contributed by atoms with van der Waals surface area (Å²) in [7, 11) is 0. The van der Waals surface area contributed by atoms with E-state index in [1.807, 2.05) is 23.8 Å². The molecule has 1 fully saturated rings. The highest BCUT2D eigenvalue weighted by atomic mass is 15.3. The van der Waals surface area contributed by atoms with E-state index in [1.165, 1.54) is 19.3 Å². The molecule has 5 heteroatoms. The molecule has 108 valence electrons. The molecule has 0 aromatic carbocycles. The van der Waals surface area contributed by atoms with E-state index < -0.39 is 0 Å². The van der Waals surface area contributed by atoms with Crippen LogP contribution in [0.25, 0.3) is 5.52 Å². The molecular formula is C15H23N5. The van der Waals surface area contributed by atoms with Crippen LogP contribution in [0.15, 0.2) is 18.5 Å². The Morgan fingerprint density at radius 3 is 3.10 bits per heavy atom. The van der Waals surface area contributed by atoms with Gasteiger partial charge in [-0.05, 0) is 39.3 Å². The minimum absolute atomic E-state index is 0.578. The van der Waals surface area contributed by atoms with Gasteiger partial charge in [-0.1, -0.05) is 6.42 Å². The highest BCUT2D eigenvalue weighted by molar-refractivity contribution is 5.69. The van der Waals surface area contributed by atoms with E-state index >= 15 is 0 Å². The fourth-order valence-electron chi connectivity index (χ4n) is 2.99. The topological polar surface area (TPSA) is 45.5 Å². The van der Waals surface area contributed by atoms with Crippen molar-refractivity contribution in [1.29, 1.82) is 0 Å². The average molecular weight is 273 g/mol. The predicted octanol–water partition coefficient (Wildman–Crippen LogP) is 2.01. The second-order valence-corrected chi connectivity index (χ2v) is 5.55. The van der Waals surface area contributed by atoms with Crippen molar-refractivity contribution in [3.05, 3.63) is 24.2 Å². The molecule has 1 aliphatic rings. The van der Waals surface area contributed by atoms with E-state index in [4.69, 9.17) is 0 Å². The maximum atomic E-state index is 4.59. The Labute approximate surface area is 120 Å². The van der Waals surface area contributed by atoms with Gasteiger partial charge in [-0.3, -0.25) is 0 Å². The zero-order valence-electron chi connectivity index (χ0n) is 12.3. The molecule has 3 rings (SSSR count). The molecule has 1 unspecified atom stereocenters. The molecule has 1 N–H and O–H groups in total. The quantitative estimate of drug-likeness (QED) is 0.925. The molecule has 1 saturated heterocycles. The van der Waals surface area contributed by atoms with Crippen LogP contribution in [0, 0.1) is 6.92 Å². The molecule has 1 atom stereocenters. The summed E-state index contributed by atoms with van der Waals surface area (Å²) in [6.07, 6.45) is 7.65. The molecule has 2 aromatic rings. The summed E-state index contributed by atoms with van der Waals surface area (Å²) in [5, 5.41) is 8.09. The number of nitrogens with zero attached hydrogens (tertiary/aromatic N) is 4. The Balaban J connectivity index is 1.86. The van der Waals surface area contributed by atoms with Gasteiger partial charge in [0.1, 0.15) is 5.52 Å². The third-order valence-corrected chi connectivity index (χ3v) is 4.03. The highest BCUT2D eigenvalue weighted by Gasteiger charge is 2.18. The van der Waals surface area contributed by atoms with Crippen molar-refractivity contribution in [3.8, 4) is 0 Å². The minimum atomic E-state index is 0.578. The van der Waals surface area contributed by atoms with Crippen LogP contribution in [0.2, 0.25) is 0 Å². The monoisotopic (exact) mass is 273 g/mol. The third-order valence-electron chi connectivity index (χ3n) is 4.03. The molecule has 0 aliphatic carbocycles. The van der Waals surface area contributed by atoms with Crippen LogP contribution in [0.3, 0.4) is 0 Å². The van der Waals surface area contributed by atoms with Gasteiger partial charge in [0.2, 0.25) is 0 Å². The maximum absolute atomic E-state index is 4.59. The van der Waals surface area contributed by atoms with Crippen LogP contribution in [0.4, 0.5) is 5.82 Å². The molecule has 20 heavy (non-hydrogen) atoms. The lowest BCUT2D eigenvalue weighted by molar-refractivity contribution is 0.400. The largest absolute Gasteiger partial charge is 0.354 e. The van der Waals surface area contributed by atoms with Gasteiger partial charge in [0.15, 0.2) is 5.82 Å². The molecular weight excluding hydrogens is 250 g/mol. The van der Waals surface area contributed by atoms with Crippen molar-refractivity contribution < 1.29 is 0 Å². The van der Waals surface area contributed by atoms with E-state index in [-0.39, 0.29) is 0 Å². The first kappa shape index (κ1) is 13.4. The zero-order chi connectivity index (χ0) is 13.9. The lowest BCUT2D eigenvalue weighted by Crippen LogP contribution is -2.44. The SMILES string of the molecule is CCN(CC1CCCCN1)c1nccn2nc(C)cc12. The Morgan fingerprint density at radius 1 is 1.45 bits per heavy atom. The van der Waals surface area contributed by atoms with Crippen molar-refractivity contribution in [2.24, 2.45) is 0 Å². The number of likely N-dealkylation sites (N-methyl/N-ethyl adjacent to an activating group) is 1. The van der Waals surface area contributed by atoms with Crippen molar-refractivity contribution in [3.63, 3.8) is 0 Å². The second kappa shape index (κ2) is 5.79. The van der Waals surface area contributed by atoms with Gasteiger partial charge in [0.05, 0.1) is 5.69 Å². The van der Waals surface area contributed by atoms with E-state index in [9.17, 15) is 0 Å². The van der Waals surface area contributed by atoms with E-state index in [1.54, 1.807) is 0 Å². The molecule has 0 spiro atoms. The van der Waals surface area contributed by atoms with Crippen LogP contribution < -0.4 is 10.2 Å². The predicted molar refractivity (Wildman–Crippen MR) is 81.3 cm³/mol. The number of hydrogen-bond acceptors (Lipinski definition) is 4. The summed E-state index contributed by atoms with van der Waals surface area (Å²) >= 11 is 0. The molecule has 5 nitrogen and oxygen atoms in total. The molecule has 3 heterocycles. The summed E-state index contributed by atoms with van der Waals surface area (Å²) in [6, 6.07) is 2.69. The number of anilines is 1. The van der Waals surface area contributed by atoms with Crippen molar-refractivity contribution in [2.45, 2.75) is 39.2 Å². The first-order chi connectivity index (χ1) is 9.78. The summed E-state index contributed by atoms with van der Waals surface area (Å²) < 4.78 is 1.93. The number of hydrogen-bond donors (Lipinski definition) is 1. The van der Waals surface area contributed by atoms with Crippen LogP contribution in [-0.4, -0.2) is 40.3 Å².